The van der Waals surface area contributed by atoms with Gasteiger partial charge in [0.25, 0.3) is 5.91 Å². The third-order valence-electron chi connectivity index (χ3n) is 4.24. The fourth-order valence-electron chi connectivity index (χ4n) is 2.78. The summed E-state index contributed by atoms with van der Waals surface area (Å²) in [5.74, 6) is 2.36. The highest BCUT2D eigenvalue weighted by atomic mass is 16.5. The largest absolute Gasteiger partial charge is 0.494 e. The van der Waals surface area contributed by atoms with Crippen LogP contribution in [-0.2, 0) is 0 Å². The van der Waals surface area contributed by atoms with Crippen molar-refractivity contribution in [3.05, 3.63) is 84.8 Å². The Morgan fingerprint density at radius 1 is 0.900 bits per heavy atom. The summed E-state index contributed by atoms with van der Waals surface area (Å²) >= 11 is 0. The summed E-state index contributed by atoms with van der Waals surface area (Å²) in [7, 11) is 0. The van der Waals surface area contributed by atoms with Crippen molar-refractivity contribution in [2.45, 2.75) is 6.92 Å². The van der Waals surface area contributed by atoms with Gasteiger partial charge in [-0.05, 0) is 79.7 Å². The molecule has 7 nitrogen and oxygen atoms in total. The van der Waals surface area contributed by atoms with Crippen LogP contribution < -0.4 is 14.8 Å². The molecular weight excluding hydrogens is 382 g/mol. The summed E-state index contributed by atoms with van der Waals surface area (Å²) in [5.41, 5.74) is 1.94. The molecule has 0 spiro atoms. The highest BCUT2D eigenvalue weighted by Crippen LogP contribution is 2.25. The fraction of sp³-hybridized carbons (Fsp3) is 0.0870. The Morgan fingerprint density at radius 2 is 1.53 bits per heavy atom. The predicted octanol–water partition coefficient (Wildman–Crippen LogP) is 5.18. The van der Waals surface area contributed by atoms with E-state index in [4.69, 9.17) is 13.9 Å². The molecule has 0 saturated carbocycles. The first kappa shape index (κ1) is 19.2. The first-order valence-corrected chi connectivity index (χ1v) is 9.40. The van der Waals surface area contributed by atoms with Crippen LogP contribution in [0.25, 0.3) is 11.5 Å². The first-order valence-electron chi connectivity index (χ1n) is 9.40. The van der Waals surface area contributed by atoms with Crippen molar-refractivity contribution in [1.82, 2.24) is 10.2 Å². The van der Waals surface area contributed by atoms with Crippen LogP contribution in [0.1, 0.15) is 17.3 Å². The number of benzene rings is 3. The number of amides is 1. The fourth-order valence-corrected chi connectivity index (χ4v) is 2.78. The van der Waals surface area contributed by atoms with Crippen molar-refractivity contribution >= 4 is 11.6 Å². The van der Waals surface area contributed by atoms with Crippen molar-refractivity contribution in [1.29, 1.82) is 0 Å². The van der Waals surface area contributed by atoms with Crippen molar-refractivity contribution in [3.8, 4) is 28.7 Å². The summed E-state index contributed by atoms with van der Waals surface area (Å²) in [4.78, 5) is 12.5. The summed E-state index contributed by atoms with van der Waals surface area (Å²) in [5, 5.41) is 10.4. The molecule has 1 heterocycles. The van der Waals surface area contributed by atoms with Gasteiger partial charge in [0.05, 0.1) is 6.61 Å². The van der Waals surface area contributed by atoms with E-state index in [1.54, 1.807) is 48.5 Å². The van der Waals surface area contributed by atoms with Gasteiger partial charge in [-0.25, -0.2) is 0 Å². The molecule has 0 unspecified atom stereocenters. The van der Waals surface area contributed by atoms with Crippen LogP contribution >= 0.6 is 0 Å². The maximum atomic E-state index is 12.5. The maximum Gasteiger partial charge on any atom is 0.255 e. The minimum absolute atomic E-state index is 0.215. The van der Waals surface area contributed by atoms with Gasteiger partial charge in [0.1, 0.15) is 17.2 Å². The molecule has 0 aliphatic carbocycles. The molecule has 7 heteroatoms. The van der Waals surface area contributed by atoms with Crippen molar-refractivity contribution < 1.29 is 18.7 Å². The second kappa shape index (κ2) is 8.91. The van der Waals surface area contributed by atoms with E-state index in [0.717, 1.165) is 11.3 Å². The number of nitrogens with one attached hydrogen (secondary N) is 1. The molecule has 0 fully saturated rings. The number of rotatable bonds is 7. The Kier molecular flexibility index (Phi) is 5.70. The highest BCUT2D eigenvalue weighted by molar-refractivity contribution is 6.04. The van der Waals surface area contributed by atoms with Crippen LogP contribution in [0.3, 0.4) is 0 Å². The highest BCUT2D eigenvalue weighted by Gasteiger charge is 2.09. The van der Waals surface area contributed by atoms with Crippen LogP contribution in [0, 0.1) is 0 Å². The quantitative estimate of drug-likeness (QED) is 0.459. The summed E-state index contributed by atoms with van der Waals surface area (Å²) in [6.07, 6.45) is 1.26. The van der Waals surface area contributed by atoms with Gasteiger partial charge >= 0.3 is 0 Å². The molecule has 0 radical (unpaired) electrons. The third-order valence-corrected chi connectivity index (χ3v) is 4.24. The smallest absolute Gasteiger partial charge is 0.255 e. The number of hydrogen-bond donors (Lipinski definition) is 1. The molecule has 30 heavy (non-hydrogen) atoms. The molecule has 1 amide bonds. The number of carbonyl (C=O) groups is 1. The molecule has 4 rings (SSSR count). The average molecular weight is 401 g/mol. The van der Waals surface area contributed by atoms with Crippen molar-refractivity contribution in [2.75, 3.05) is 11.9 Å². The zero-order chi connectivity index (χ0) is 20.8. The normalized spacial score (nSPS) is 10.4. The van der Waals surface area contributed by atoms with E-state index in [1.165, 1.54) is 6.39 Å². The minimum atomic E-state index is -0.215. The van der Waals surface area contributed by atoms with Crippen molar-refractivity contribution in [3.63, 3.8) is 0 Å². The average Bonchev–Trinajstić information content (AvgIpc) is 3.32. The summed E-state index contributed by atoms with van der Waals surface area (Å²) < 4.78 is 16.4. The molecule has 1 N–H and O–H groups in total. The van der Waals surface area contributed by atoms with E-state index in [-0.39, 0.29) is 5.91 Å². The monoisotopic (exact) mass is 401 g/mol. The molecule has 4 aromatic rings. The van der Waals surface area contributed by atoms with Crippen LogP contribution in [0.5, 0.6) is 17.2 Å². The molecule has 0 atom stereocenters. The zero-order valence-electron chi connectivity index (χ0n) is 16.2. The van der Waals surface area contributed by atoms with E-state index in [2.05, 4.69) is 15.5 Å². The van der Waals surface area contributed by atoms with Crippen LogP contribution in [0.2, 0.25) is 0 Å². The minimum Gasteiger partial charge on any atom is -0.494 e. The number of hydrogen-bond acceptors (Lipinski definition) is 6. The third kappa shape index (κ3) is 4.64. The molecule has 0 bridgehead atoms. The maximum absolute atomic E-state index is 12.5. The van der Waals surface area contributed by atoms with Gasteiger partial charge in [-0.15, -0.1) is 10.2 Å². The second-order valence-corrected chi connectivity index (χ2v) is 6.31. The Balaban J connectivity index is 1.36. The van der Waals surface area contributed by atoms with Gasteiger partial charge in [0.2, 0.25) is 12.3 Å². The van der Waals surface area contributed by atoms with E-state index < -0.39 is 0 Å². The number of carbonyl (C=O) groups excluding carboxylic acids is 1. The summed E-state index contributed by atoms with van der Waals surface area (Å²) in [6, 6.07) is 21.5. The second-order valence-electron chi connectivity index (χ2n) is 6.31. The summed E-state index contributed by atoms with van der Waals surface area (Å²) in [6.45, 7) is 2.56. The molecule has 3 aromatic carbocycles. The van der Waals surface area contributed by atoms with E-state index in [0.29, 0.717) is 35.2 Å². The lowest BCUT2D eigenvalue weighted by atomic mass is 10.1. The van der Waals surface area contributed by atoms with Crippen LogP contribution in [-0.4, -0.2) is 22.7 Å². The Bertz CT molecular complexity index is 1090. The van der Waals surface area contributed by atoms with Gasteiger partial charge < -0.3 is 19.2 Å². The van der Waals surface area contributed by atoms with E-state index in [1.807, 2.05) is 31.2 Å². The van der Waals surface area contributed by atoms with Gasteiger partial charge in [-0.2, -0.15) is 0 Å². The van der Waals surface area contributed by atoms with Gasteiger partial charge in [-0.1, -0.05) is 0 Å². The molecule has 0 aliphatic heterocycles. The van der Waals surface area contributed by atoms with E-state index >= 15 is 0 Å². The zero-order valence-corrected chi connectivity index (χ0v) is 16.2. The molecule has 0 saturated heterocycles. The lowest BCUT2D eigenvalue weighted by Gasteiger charge is -2.09. The number of aromatic nitrogens is 2. The van der Waals surface area contributed by atoms with Crippen molar-refractivity contribution in [2.24, 2.45) is 0 Å². The Morgan fingerprint density at radius 3 is 2.13 bits per heavy atom. The Labute approximate surface area is 173 Å². The van der Waals surface area contributed by atoms with E-state index in [9.17, 15) is 4.79 Å². The molecular formula is C23H19N3O4. The predicted molar refractivity (Wildman–Crippen MR) is 112 cm³/mol. The van der Waals surface area contributed by atoms with Gasteiger partial charge in [0.15, 0.2) is 0 Å². The SMILES string of the molecule is CCOc1ccc(Oc2ccc(NC(=O)c3ccc(-c4nnco4)cc3)cc2)cc1. The standard InChI is InChI=1S/C23H19N3O4/c1-2-28-19-11-13-21(14-12-19)30-20-9-7-18(8-10-20)25-22(27)16-3-5-17(6-4-16)23-26-24-15-29-23/h3-15H,2H2,1H3,(H,25,27). The molecule has 1 aromatic heterocycles. The Hall–Kier alpha value is -4.13. The van der Waals surface area contributed by atoms with Crippen LogP contribution in [0.4, 0.5) is 5.69 Å². The number of nitrogens with zero attached hydrogens (tertiary/aromatic N) is 2. The lowest BCUT2D eigenvalue weighted by molar-refractivity contribution is 0.102. The van der Waals surface area contributed by atoms with Gasteiger partial charge in [0, 0.05) is 16.8 Å². The first-order chi connectivity index (χ1) is 14.7. The van der Waals surface area contributed by atoms with Crippen LogP contribution in [0.15, 0.2) is 83.6 Å². The molecule has 150 valence electrons. The topological polar surface area (TPSA) is 86.5 Å². The number of ether oxygens (including phenoxy) is 2. The number of anilines is 1. The van der Waals surface area contributed by atoms with Gasteiger partial charge in [-0.3, -0.25) is 4.79 Å². The molecule has 0 aliphatic rings. The lowest BCUT2D eigenvalue weighted by Crippen LogP contribution is -2.11.